The van der Waals surface area contributed by atoms with E-state index in [0.29, 0.717) is 6.42 Å². The lowest BCUT2D eigenvalue weighted by molar-refractivity contribution is -0.120. The van der Waals surface area contributed by atoms with E-state index in [1.165, 1.54) is 12.1 Å². The van der Waals surface area contributed by atoms with Gasteiger partial charge in [0.2, 0.25) is 5.91 Å². The summed E-state index contributed by atoms with van der Waals surface area (Å²) in [4.78, 5) is 23.4. The summed E-state index contributed by atoms with van der Waals surface area (Å²) in [5.74, 6) is -1.52. The molecule has 6 heteroatoms. The molecule has 0 radical (unpaired) electrons. The van der Waals surface area contributed by atoms with E-state index in [0.717, 1.165) is 19.3 Å². The number of hydrogen-bond donors (Lipinski definition) is 3. The fourth-order valence-electron chi connectivity index (χ4n) is 2.55. The van der Waals surface area contributed by atoms with Crippen molar-refractivity contribution in [1.82, 2.24) is 0 Å². The summed E-state index contributed by atoms with van der Waals surface area (Å²) in [7, 11) is 0. The number of nitrogens with one attached hydrogen (secondary N) is 1. The van der Waals surface area contributed by atoms with Gasteiger partial charge in [0, 0.05) is 12.0 Å². The second kappa shape index (κ2) is 6.24. The molecule has 4 N–H and O–H groups in total. The molecule has 1 amide bonds. The maximum absolute atomic E-state index is 12.2. The highest BCUT2D eigenvalue weighted by atomic mass is 35.5. The highest BCUT2D eigenvalue weighted by Crippen LogP contribution is 2.28. The molecule has 0 aliphatic heterocycles. The smallest absolute Gasteiger partial charge is 0.339 e. The first-order valence-electron chi connectivity index (χ1n) is 6.57. The maximum Gasteiger partial charge on any atom is 0.339 e. The van der Waals surface area contributed by atoms with E-state index in [4.69, 9.17) is 22.4 Å². The number of carboxylic acid groups (broad SMARTS) is 1. The average molecular weight is 297 g/mol. The van der Waals surface area contributed by atoms with E-state index < -0.39 is 5.97 Å². The minimum absolute atomic E-state index is 0.0396. The molecule has 1 saturated carbocycles. The number of carbonyl (C=O) groups excluding carboxylic acids is 1. The van der Waals surface area contributed by atoms with Gasteiger partial charge in [-0.2, -0.15) is 0 Å². The lowest BCUT2D eigenvalue weighted by Crippen LogP contribution is -2.34. The summed E-state index contributed by atoms with van der Waals surface area (Å²) in [6.45, 7) is 0. The van der Waals surface area contributed by atoms with Crippen LogP contribution in [0.3, 0.4) is 0 Å². The first-order chi connectivity index (χ1) is 9.49. The lowest BCUT2D eigenvalue weighted by Gasteiger charge is -2.25. The summed E-state index contributed by atoms with van der Waals surface area (Å²) in [5.41, 5.74) is 6.01. The van der Waals surface area contributed by atoms with Crippen LogP contribution in [0.5, 0.6) is 0 Å². The lowest BCUT2D eigenvalue weighted by atomic mass is 9.85. The molecule has 1 aromatic carbocycles. The molecule has 1 aliphatic carbocycles. The van der Waals surface area contributed by atoms with E-state index >= 15 is 0 Å². The fraction of sp³-hybridized carbons (Fsp3) is 0.429. The Bertz CT molecular complexity index is 533. The topological polar surface area (TPSA) is 92.4 Å². The monoisotopic (exact) mass is 296 g/mol. The molecule has 0 spiro atoms. The van der Waals surface area contributed by atoms with Crippen LogP contribution in [0.15, 0.2) is 18.2 Å². The summed E-state index contributed by atoms with van der Waals surface area (Å²) in [6.07, 6.45) is 3.26. The standard InChI is InChI=1S/C14H17ClN2O3/c15-10-5-2-6-11(12(10)14(19)20)17-13(18)8-3-1-4-9(16)7-8/h2,5-6,8-9H,1,3-4,7,16H2,(H,17,18)(H,19,20). The van der Waals surface area contributed by atoms with Crippen LogP contribution in [-0.4, -0.2) is 23.0 Å². The number of hydrogen-bond acceptors (Lipinski definition) is 3. The van der Waals surface area contributed by atoms with Gasteiger partial charge in [-0.05, 0) is 31.4 Å². The van der Waals surface area contributed by atoms with Crippen molar-refractivity contribution in [3.8, 4) is 0 Å². The van der Waals surface area contributed by atoms with E-state index in [9.17, 15) is 9.59 Å². The molecule has 1 aromatic rings. The maximum atomic E-state index is 12.2. The Morgan fingerprint density at radius 3 is 2.75 bits per heavy atom. The molecule has 0 bridgehead atoms. The van der Waals surface area contributed by atoms with Crippen LogP contribution in [0.2, 0.25) is 5.02 Å². The molecule has 2 unspecified atom stereocenters. The Morgan fingerprint density at radius 2 is 2.10 bits per heavy atom. The van der Waals surface area contributed by atoms with Crippen molar-refractivity contribution < 1.29 is 14.7 Å². The number of aromatic carboxylic acids is 1. The molecule has 1 fully saturated rings. The van der Waals surface area contributed by atoms with Gasteiger partial charge in [-0.1, -0.05) is 24.1 Å². The third-order valence-corrected chi connectivity index (χ3v) is 3.89. The van der Waals surface area contributed by atoms with Gasteiger partial charge in [0.1, 0.15) is 5.56 Å². The number of amides is 1. The van der Waals surface area contributed by atoms with Crippen molar-refractivity contribution in [3.63, 3.8) is 0 Å². The van der Waals surface area contributed by atoms with Crippen molar-refractivity contribution in [2.24, 2.45) is 11.7 Å². The minimum atomic E-state index is -1.16. The third-order valence-electron chi connectivity index (χ3n) is 3.57. The summed E-state index contributed by atoms with van der Waals surface area (Å²) in [5, 5.41) is 11.9. The number of carboxylic acids is 1. The predicted octanol–water partition coefficient (Wildman–Crippen LogP) is 2.49. The largest absolute Gasteiger partial charge is 0.478 e. The molecule has 0 aromatic heterocycles. The quantitative estimate of drug-likeness (QED) is 0.799. The summed E-state index contributed by atoms with van der Waals surface area (Å²) in [6, 6.07) is 4.67. The van der Waals surface area contributed by atoms with Gasteiger partial charge in [0.05, 0.1) is 10.7 Å². The van der Waals surface area contributed by atoms with Crippen molar-refractivity contribution in [3.05, 3.63) is 28.8 Å². The summed E-state index contributed by atoms with van der Waals surface area (Å²) < 4.78 is 0. The molecular weight excluding hydrogens is 280 g/mol. The Morgan fingerprint density at radius 1 is 1.35 bits per heavy atom. The first-order valence-corrected chi connectivity index (χ1v) is 6.95. The number of anilines is 1. The highest BCUT2D eigenvalue weighted by molar-refractivity contribution is 6.34. The van der Waals surface area contributed by atoms with Crippen LogP contribution in [0.25, 0.3) is 0 Å². The zero-order valence-corrected chi connectivity index (χ0v) is 11.7. The number of halogens is 1. The Kier molecular flexibility index (Phi) is 4.62. The van der Waals surface area contributed by atoms with E-state index in [2.05, 4.69) is 5.32 Å². The summed E-state index contributed by atoms with van der Waals surface area (Å²) >= 11 is 5.86. The van der Waals surface area contributed by atoms with Crippen molar-refractivity contribution >= 4 is 29.2 Å². The highest BCUT2D eigenvalue weighted by Gasteiger charge is 2.26. The van der Waals surface area contributed by atoms with Crippen LogP contribution in [0.1, 0.15) is 36.0 Å². The van der Waals surface area contributed by atoms with Gasteiger partial charge in [0.15, 0.2) is 0 Å². The van der Waals surface area contributed by atoms with Gasteiger partial charge < -0.3 is 16.2 Å². The molecule has 1 aliphatic rings. The molecule has 0 saturated heterocycles. The van der Waals surface area contributed by atoms with Gasteiger partial charge in [-0.15, -0.1) is 0 Å². The van der Waals surface area contributed by atoms with Crippen molar-refractivity contribution in [1.29, 1.82) is 0 Å². The van der Waals surface area contributed by atoms with Crippen molar-refractivity contribution in [2.75, 3.05) is 5.32 Å². The Hall–Kier alpha value is -1.59. The Labute approximate surface area is 122 Å². The molecule has 20 heavy (non-hydrogen) atoms. The third kappa shape index (κ3) is 3.29. The van der Waals surface area contributed by atoms with Gasteiger partial charge >= 0.3 is 5.97 Å². The average Bonchev–Trinajstić information content (AvgIpc) is 2.38. The molecule has 5 nitrogen and oxygen atoms in total. The predicted molar refractivity (Wildman–Crippen MR) is 77.0 cm³/mol. The van der Waals surface area contributed by atoms with E-state index in [1.54, 1.807) is 6.07 Å². The minimum Gasteiger partial charge on any atom is -0.478 e. The normalized spacial score (nSPS) is 22.3. The zero-order chi connectivity index (χ0) is 14.7. The molecule has 0 heterocycles. The van der Waals surface area contributed by atoms with Gasteiger partial charge in [-0.25, -0.2) is 4.79 Å². The number of rotatable bonds is 3. The van der Waals surface area contributed by atoms with Crippen LogP contribution >= 0.6 is 11.6 Å². The van der Waals surface area contributed by atoms with Crippen LogP contribution in [0, 0.1) is 5.92 Å². The molecule has 2 rings (SSSR count). The number of carbonyl (C=O) groups is 2. The van der Waals surface area contributed by atoms with E-state index in [1.807, 2.05) is 0 Å². The number of benzene rings is 1. The second-order valence-corrected chi connectivity index (χ2v) is 5.49. The zero-order valence-electron chi connectivity index (χ0n) is 10.9. The Balaban J connectivity index is 2.15. The number of nitrogens with two attached hydrogens (primary N) is 1. The fourth-order valence-corrected chi connectivity index (χ4v) is 2.80. The van der Waals surface area contributed by atoms with Crippen LogP contribution in [0.4, 0.5) is 5.69 Å². The van der Waals surface area contributed by atoms with Crippen LogP contribution in [-0.2, 0) is 4.79 Å². The van der Waals surface area contributed by atoms with Crippen LogP contribution < -0.4 is 11.1 Å². The van der Waals surface area contributed by atoms with Gasteiger partial charge in [-0.3, -0.25) is 4.79 Å². The second-order valence-electron chi connectivity index (χ2n) is 5.08. The molecule has 108 valence electrons. The molecule has 2 atom stereocenters. The molecular formula is C14H17ClN2O3. The first kappa shape index (κ1) is 14.8. The SMILES string of the molecule is NC1CCCC(C(=O)Nc2cccc(Cl)c2C(=O)O)C1. The van der Waals surface area contributed by atoms with Gasteiger partial charge in [0.25, 0.3) is 0 Å². The van der Waals surface area contributed by atoms with Crippen molar-refractivity contribution in [2.45, 2.75) is 31.7 Å². The van der Waals surface area contributed by atoms with E-state index in [-0.39, 0.29) is 34.1 Å².